The topological polar surface area (TPSA) is 75.7 Å². The van der Waals surface area contributed by atoms with E-state index in [0.29, 0.717) is 0 Å². The van der Waals surface area contributed by atoms with Gasteiger partial charge in [-0.1, -0.05) is 36.4 Å². The second-order valence-electron chi connectivity index (χ2n) is 7.88. The summed E-state index contributed by atoms with van der Waals surface area (Å²) < 4.78 is 28.9. The normalized spacial score (nSPS) is 12.4. The number of amides is 1. The van der Waals surface area contributed by atoms with Gasteiger partial charge in [-0.3, -0.25) is 4.79 Å². The Balaban J connectivity index is 1.90. The van der Waals surface area contributed by atoms with Gasteiger partial charge in [-0.05, 0) is 59.2 Å². The van der Waals surface area contributed by atoms with Gasteiger partial charge in [0.15, 0.2) is 9.84 Å². The predicted molar refractivity (Wildman–Crippen MR) is 132 cm³/mol. The average molecular weight is 465 g/mol. The minimum absolute atomic E-state index is 0.234. The van der Waals surface area contributed by atoms with Crippen molar-refractivity contribution < 1.29 is 17.9 Å². The smallest absolute Gasteiger partial charge is 0.244 e. The van der Waals surface area contributed by atoms with Crippen molar-refractivity contribution in [2.45, 2.75) is 10.9 Å². The minimum Gasteiger partial charge on any atom is -0.497 e. The number of benzene rings is 3. The van der Waals surface area contributed by atoms with E-state index in [9.17, 15) is 13.2 Å². The highest BCUT2D eigenvalue weighted by Gasteiger charge is 2.18. The molecule has 1 amide bonds. The number of carbonyl (C=O) groups is 1. The number of nitrogens with zero attached hydrogens (tertiary/aromatic N) is 1. The summed E-state index contributed by atoms with van der Waals surface area (Å²) in [7, 11) is 2.19. The van der Waals surface area contributed by atoms with Crippen molar-refractivity contribution in [3.8, 4) is 5.75 Å². The molecule has 1 N–H and O–H groups in total. The number of methoxy groups -OCH3 is 1. The third kappa shape index (κ3) is 6.46. The molecule has 0 saturated carbocycles. The third-order valence-corrected chi connectivity index (χ3v) is 6.32. The van der Waals surface area contributed by atoms with Gasteiger partial charge in [-0.25, -0.2) is 8.42 Å². The molecule has 1 atom stereocenters. The Morgan fingerprint density at radius 1 is 0.970 bits per heavy atom. The second kappa shape index (κ2) is 10.4. The summed E-state index contributed by atoms with van der Waals surface area (Å²) in [6, 6.07) is 21.4. The summed E-state index contributed by atoms with van der Waals surface area (Å²) in [6.45, 7) is 0. The van der Waals surface area contributed by atoms with Crippen LogP contribution in [-0.2, 0) is 14.6 Å². The van der Waals surface area contributed by atoms with Crippen LogP contribution < -0.4 is 15.0 Å². The molecular formula is C26H28N2O4S. The van der Waals surface area contributed by atoms with Gasteiger partial charge in [0.2, 0.25) is 5.91 Å². The van der Waals surface area contributed by atoms with Crippen molar-refractivity contribution in [3.63, 3.8) is 0 Å². The van der Waals surface area contributed by atoms with E-state index in [2.05, 4.69) is 5.32 Å². The standard InChI is InChI=1S/C26H28N2O4S/c1-28(2)22-7-5-6-21(18-22)26(20-11-15-24(16-12-20)33(4,30)31)27-25(29)17-10-19-8-13-23(32-3)14-9-19/h5-18,26H,1-4H3,(H,27,29)/b17-10+. The molecule has 0 aliphatic rings. The molecule has 3 rings (SSSR count). The molecule has 0 bridgehead atoms. The van der Waals surface area contributed by atoms with Crippen LogP contribution >= 0.6 is 0 Å². The quantitative estimate of drug-likeness (QED) is 0.509. The molecule has 3 aromatic carbocycles. The number of hydrogen-bond donors (Lipinski definition) is 1. The highest BCUT2D eigenvalue weighted by molar-refractivity contribution is 7.90. The Hall–Kier alpha value is -3.58. The Labute approximate surface area is 195 Å². The SMILES string of the molecule is COc1ccc(/C=C/C(=O)NC(c2ccc(S(C)(=O)=O)cc2)c2cccc(N(C)C)c2)cc1. The fourth-order valence-electron chi connectivity index (χ4n) is 3.33. The lowest BCUT2D eigenvalue weighted by Gasteiger charge is -2.21. The zero-order chi connectivity index (χ0) is 24.0. The maximum Gasteiger partial charge on any atom is 0.244 e. The molecule has 0 saturated heterocycles. The van der Waals surface area contributed by atoms with Crippen LogP contribution in [0.5, 0.6) is 5.75 Å². The Kier molecular flexibility index (Phi) is 7.55. The number of nitrogens with one attached hydrogen (secondary N) is 1. The Morgan fingerprint density at radius 3 is 2.21 bits per heavy atom. The molecule has 0 aromatic heterocycles. The molecule has 172 valence electrons. The molecule has 0 aliphatic heterocycles. The first-order valence-electron chi connectivity index (χ1n) is 10.4. The number of hydrogen-bond acceptors (Lipinski definition) is 5. The number of sulfone groups is 1. The predicted octanol–water partition coefficient (Wildman–Crippen LogP) is 4.08. The third-order valence-electron chi connectivity index (χ3n) is 5.19. The van der Waals surface area contributed by atoms with Gasteiger partial charge in [0.05, 0.1) is 18.0 Å². The van der Waals surface area contributed by atoms with Crippen molar-refractivity contribution in [1.82, 2.24) is 5.32 Å². The van der Waals surface area contributed by atoms with Gasteiger partial charge in [0, 0.05) is 32.1 Å². The average Bonchev–Trinajstić information content (AvgIpc) is 2.81. The summed E-state index contributed by atoms with van der Waals surface area (Å²) in [4.78, 5) is 15.0. The van der Waals surface area contributed by atoms with Crippen molar-refractivity contribution in [1.29, 1.82) is 0 Å². The fourth-order valence-corrected chi connectivity index (χ4v) is 3.96. The Bertz CT molecular complexity index is 1230. The lowest BCUT2D eigenvalue weighted by Crippen LogP contribution is -2.28. The summed E-state index contributed by atoms with van der Waals surface area (Å²) in [5, 5.41) is 3.05. The van der Waals surface area contributed by atoms with Crippen LogP contribution in [0.15, 0.2) is 83.8 Å². The van der Waals surface area contributed by atoms with Crippen molar-refractivity contribution in [2.24, 2.45) is 0 Å². The van der Waals surface area contributed by atoms with E-state index in [-0.39, 0.29) is 10.8 Å². The summed E-state index contributed by atoms with van der Waals surface area (Å²) in [5.74, 6) is 0.480. The molecule has 0 aliphatic carbocycles. The number of ether oxygens (including phenoxy) is 1. The molecular weight excluding hydrogens is 436 g/mol. The monoisotopic (exact) mass is 464 g/mol. The number of carbonyl (C=O) groups excluding carboxylic acids is 1. The van der Waals surface area contributed by atoms with Crippen LogP contribution in [0.1, 0.15) is 22.7 Å². The molecule has 7 heteroatoms. The van der Waals surface area contributed by atoms with E-state index in [1.54, 1.807) is 37.5 Å². The highest BCUT2D eigenvalue weighted by Crippen LogP contribution is 2.26. The molecule has 33 heavy (non-hydrogen) atoms. The zero-order valence-electron chi connectivity index (χ0n) is 19.1. The molecule has 0 heterocycles. The maximum absolute atomic E-state index is 12.8. The van der Waals surface area contributed by atoms with Crippen LogP contribution in [0.2, 0.25) is 0 Å². The highest BCUT2D eigenvalue weighted by atomic mass is 32.2. The zero-order valence-corrected chi connectivity index (χ0v) is 20.0. The first-order valence-corrected chi connectivity index (χ1v) is 12.3. The van der Waals surface area contributed by atoms with E-state index >= 15 is 0 Å². The molecule has 0 spiro atoms. The van der Waals surface area contributed by atoms with Gasteiger partial charge in [0.25, 0.3) is 0 Å². The second-order valence-corrected chi connectivity index (χ2v) is 9.89. The largest absolute Gasteiger partial charge is 0.497 e. The van der Waals surface area contributed by atoms with Crippen LogP contribution in [-0.4, -0.2) is 41.8 Å². The fraction of sp³-hybridized carbons (Fsp3) is 0.192. The van der Waals surface area contributed by atoms with E-state index in [4.69, 9.17) is 4.74 Å². The van der Waals surface area contributed by atoms with E-state index in [0.717, 1.165) is 28.1 Å². The van der Waals surface area contributed by atoms with Crippen molar-refractivity contribution in [3.05, 3.63) is 95.6 Å². The van der Waals surface area contributed by atoms with Gasteiger partial charge in [-0.2, -0.15) is 0 Å². The Morgan fingerprint density at radius 2 is 1.64 bits per heavy atom. The lowest BCUT2D eigenvalue weighted by molar-refractivity contribution is -0.116. The van der Waals surface area contributed by atoms with Gasteiger partial charge in [-0.15, -0.1) is 0 Å². The summed E-state index contributed by atoms with van der Waals surface area (Å²) >= 11 is 0. The van der Waals surface area contributed by atoms with Gasteiger partial charge < -0.3 is 15.0 Å². The van der Waals surface area contributed by atoms with Crippen LogP contribution in [0.3, 0.4) is 0 Å². The van der Waals surface area contributed by atoms with Gasteiger partial charge in [0.1, 0.15) is 5.75 Å². The van der Waals surface area contributed by atoms with Crippen LogP contribution in [0, 0.1) is 0 Å². The number of rotatable bonds is 8. The molecule has 3 aromatic rings. The van der Waals surface area contributed by atoms with Crippen molar-refractivity contribution in [2.75, 3.05) is 32.4 Å². The van der Waals surface area contributed by atoms with Gasteiger partial charge >= 0.3 is 0 Å². The number of anilines is 1. The van der Waals surface area contributed by atoms with Crippen LogP contribution in [0.25, 0.3) is 6.08 Å². The van der Waals surface area contributed by atoms with Crippen molar-refractivity contribution >= 4 is 27.5 Å². The van der Waals surface area contributed by atoms with Crippen LogP contribution in [0.4, 0.5) is 5.69 Å². The molecule has 0 radical (unpaired) electrons. The summed E-state index contributed by atoms with van der Waals surface area (Å²) in [6.07, 6.45) is 4.39. The first-order chi connectivity index (χ1) is 15.7. The molecule has 6 nitrogen and oxygen atoms in total. The summed E-state index contributed by atoms with van der Waals surface area (Å²) in [5.41, 5.74) is 3.53. The molecule has 1 unspecified atom stereocenters. The lowest BCUT2D eigenvalue weighted by atomic mass is 9.98. The minimum atomic E-state index is -3.31. The van der Waals surface area contributed by atoms with E-state index in [1.807, 2.05) is 67.5 Å². The maximum atomic E-state index is 12.8. The molecule has 0 fully saturated rings. The first kappa shape index (κ1) is 24.1. The van der Waals surface area contributed by atoms with E-state index in [1.165, 1.54) is 12.3 Å². The van der Waals surface area contributed by atoms with E-state index < -0.39 is 15.9 Å².